The number of nitrogens with two attached hydrogens (primary N) is 4. The van der Waals surface area contributed by atoms with Crippen molar-refractivity contribution in [3.05, 3.63) is 23.8 Å². The summed E-state index contributed by atoms with van der Waals surface area (Å²) in [4.78, 5) is 0. The fraction of sp³-hybridized carbons (Fsp3) is 0.846. The minimum Gasteiger partial charge on any atom is -0.389 e. The molecule has 0 radical (unpaired) electrons. The Morgan fingerprint density at radius 2 is 1.05 bits per heavy atom. The van der Waals surface area contributed by atoms with Gasteiger partial charge >= 0.3 is 0 Å². The predicted molar refractivity (Wildman–Crippen MR) is 152 cm³/mol. The second kappa shape index (κ2) is 16.2. The lowest BCUT2D eigenvalue weighted by Crippen LogP contribution is -2.62. The molecule has 2 fully saturated rings. The highest BCUT2D eigenvalue weighted by atomic mass is 16.5. The molecule has 2 aromatic rings. The van der Waals surface area contributed by atoms with Crippen LogP contribution in [-0.2, 0) is 40.1 Å². The van der Waals surface area contributed by atoms with Crippen molar-refractivity contribution in [2.24, 2.45) is 22.9 Å². The van der Waals surface area contributed by atoms with E-state index in [-0.39, 0.29) is 0 Å². The Kier molecular flexibility index (Phi) is 12.7. The van der Waals surface area contributed by atoms with E-state index in [1.54, 1.807) is 9.36 Å². The van der Waals surface area contributed by atoms with Crippen LogP contribution in [0.3, 0.4) is 0 Å². The first kappa shape index (κ1) is 33.7. The maximum atomic E-state index is 10.2. The summed E-state index contributed by atoms with van der Waals surface area (Å²) in [6.07, 6.45) is 1.55. The van der Waals surface area contributed by atoms with E-state index in [1.165, 1.54) is 0 Å². The fourth-order valence-corrected chi connectivity index (χ4v) is 5.51. The van der Waals surface area contributed by atoms with Gasteiger partial charge in [0.15, 0.2) is 0 Å². The third kappa shape index (κ3) is 9.41. The summed E-state index contributed by atoms with van der Waals surface area (Å²) in [6, 6.07) is -1.95. The first-order valence-electron chi connectivity index (χ1n) is 15.0. The van der Waals surface area contributed by atoms with Gasteiger partial charge in [-0.15, -0.1) is 10.2 Å². The van der Waals surface area contributed by atoms with E-state index in [1.807, 2.05) is 12.4 Å². The summed E-state index contributed by atoms with van der Waals surface area (Å²) < 4.78 is 20.6. The van der Waals surface area contributed by atoms with Crippen molar-refractivity contribution in [1.82, 2.24) is 30.0 Å². The van der Waals surface area contributed by atoms with Crippen molar-refractivity contribution < 1.29 is 34.6 Å². The Morgan fingerprint density at radius 3 is 1.47 bits per heavy atom. The first-order valence-corrected chi connectivity index (χ1v) is 15.0. The van der Waals surface area contributed by atoms with Crippen LogP contribution in [0.15, 0.2) is 12.4 Å². The van der Waals surface area contributed by atoms with Gasteiger partial charge in [-0.05, 0) is 38.5 Å². The second-order valence-corrected chi connectivity index (χ2v) is 11.5. The maximum absolute atomic E-state index is 10.2. The minimum atomic E-state index is -1.10. The van der Waals surface area contributed by atoms with Crippen molar-refractivity contribution in [2.75, 3.05) is 26.4 Å². The van der Waals surface area contributed by atoms with Crippen LogP contribution in [0.4, 0.5) is 0 Å². The van der Waals surface area contributed by atoms with Crippen LogP contribution < -0.4 is 22.9 Å². The fourth-order valence-electron chi connectivity index (χ4n) is 5.51. The lowest BCUT2D eigenvalue weighted by atomic mass is 9.85. The van der Waals surface area contributed by atoms with Crippen molar-refractivity contribution in [1.29, 1.82) is 0 Å². The van der Waals surface area contributed by atoms with E-state index >= 15 is 0 Å². The normalized spacial score (nSPS) is 33.2. The second-order valence-electron chi connectivity index (χ2n) is 11.5. The molecule has 0 unspecified atom stereocenters. The van der Waals surface area contributed by atoms with Gasteiger partial charge in [-0.3, -0.25) is 0 Å². The zero-order valence-electron chi connectivity index (χ0n) is 24.4. The highest BCUT2D eigenvalue weighted by Gasteiger charge is 2.42. The number of nitrogens with zero attached hydrogens (tertiary/aromatic N) is 6. The van der Waals surface area contributed by atoms with Gasteiger partial charge < -0.3 is 57.6 Å². The molecule has 0 saturated heterocycles. The van der Waals surface area contributed by atoms with Gasteiger partial charge in [0.2, 0.25) is 0 Å². The molecule has 0 bridgehead atoms. The van der Waals surface area contributed by atoms with Crippen molar-refractivity contribution in [3.63, 3.8) is 0 Å². The Bertz CT molecular complexity index is 1010. The smallest absolute Gasteiger partial charge is 0.109 e. The number of aryl methyl sites for hydroxylation is 2. The lowest BCUT2D eigenvalue weighted by Gasteiger charge is -2.39. The highest BCUT2D eigenvalue weighted by molar-refractivity contribution is 4.99. The lowest BCUT2D eigenvalue weighted by molar-refractivity contribution is -0.127. The molecule has 2 aliphatic carbocycles. The monoisotopic (exact) mass is 612 g/mol. The van der Waals surface area contributed by atoms with Crippen LogP contribution >= 0.6 is 0 Å². The van der Waals surface area contributed by atoms with Crippen LogP contribution in [0, 0.1) is 0 Å². The molecule has 244 valence electrons. The summed E-state index contributed by atoms with van der Waals surface area (Å²) >= 11 is 0. The zero-order chi connectivity index (χ0) is 30.9. The van der Waals surface area contributed by atoms with Crippen LogP contribution in [-0.4, -0.2) is 138 Å². The Labute approximate surface area is 250 Å². The topological polar surface area (TPSA) is 274 Å². The zero-order valence-corrected chi connectivity index (χ0v) is 24.4. The van der Waals surface area contributed by atoms with E-state index in [9.17, 15) is 20.4 Å². The summed E-state index contributed by atoms with van der Waals surface area (Å²) in [5.41, 5.74) is 25.3. The number of aliphatic hydroxyl groups excluding tert-OH is 4. The van der Waals surface area contributed by atoms with E-state index in [0.29, 0.717) is 78.0 Å². The Hall–Kier alpha value is -2.16. The van der Waals surface area contributed by atoms with Crippen molar-refractivity contribution >= 4 is 0 Å². The molecule has 0 aromatic carbocycles. The summed E-state index contributed by atoms with van der Waals surface area (Å²) in [6.45, 7) is 2.75. The molecule has 10 atom stereocenters. The number of hydrogen-bond donors (Lipinski definition) is 8. The minimum absolute atomic E-state index is 0.366. The third-order valence-corrected chi connectivity index (χ3v) is 8.06. The van der Waals surface area contributed by atoms with Gasteiger partial charge in [0, 0.05) is 49.8 Å². The van der Waals surface area contributed by atoms with Crippen molar-refractivity contribution in [2.45, 2.75) is 112 Å². The van der Waals surface area contributed by atoms with Crippen molar-refractivity contribution in [3.8, 4) is 0 Å². The average molecular weight is 613 g/mol. The number of aliphatic hydroxyl groups is 4. The molecular weight excluding hydrogens is 564 g/mol. The standard InChI is InChI=1S/C26H48N10O7/c27-17-11-19(29)25(23(39)21(17)37)42-7-1-3-15-13-35(33-31-15)5-9-41-10-6-36-14-16(32-34-36)4-2-8-43-26-20(30)12-18(28)22(38)24(26)40/h13-14,17-26,37-40H,1-12,27-30H2/t17-,18-,19+,20+,21+,22+,23-,24-,25-,26-/m1/s1. The maximum Gasteiger partial charge on any atom is 0.109 e. The largest absolute Gasteiger partial charge is 0.389 e. The molecule has 17 nitrogen and oxygen atoms in total. The summed E-state index contributed by atoms with van der Waals surface area (Å²) in [5, 5.41) is 56.9. The summed E-state index contributed by atoms with van der Waals surface area (Å²) in [5.74, 6) is 0. The van der Waals surface area contributed by atoms with Gasteiger partial charge in [-0.2, -0.15) is 0 Å². The molecule has 17 heteroatoms. The van der Waals surface area contributed by atoms with E-state index in [0.717, 1.165) is 11.4 Å². The van der Waals surface area contributed by atoms with Gasteiger partial charge in [0.1, 0.15) is 24.4 Å². The molecule has 43 heavy (non-hydrogen) atoms. The third-order valence-electron chi connectivity index (χ3n) is 8.06. The number of ether oxygens (including phenoxy) is 3. The molecule has 2 aliphatic rings. The van der Waals surface area contributed by atoms with E-state index in [2.05, 4.69) is 20.6 Å². The van der Waals surface area contributed by atoms with Crippen LogP contribution in [0.2, 0.25) is 0 Å². The Morgan fingerprint density at radius 1 is 0.628 bits per heavy atom. The number of hydrogen-bond acceptors (Lipinski definition) is 15. The summed E-state index contributed by atoms with van der Waals surface area (Å²) in [7, 11) is 0. The molecule has 2 saturated carbocycles. The quantitative estimate of drug-likeness (QED) is 0.0834. The molecule has 2 heterocycles. The van der Waals surface area contributed by atoms with Crippen LogP contribution in [0.5, 0.6) is 0 Å². The molecule has 0 aliphatic heterocycles. The number of aromatic nitrogens is 6. The average Bonchev–Trinajstić information content (AvgIpc) is 3.63. The van der Waals surface area contributed by atoms with Gasteiger partial charge in [-0.25, -0.2) is 9.36 Å². The van der Waals surface area contributed by atoms with Gasteiger partial charge in [0.25, 0.3) is 0 Å². The molecule has 2 aromatic heterocycles. The first-order chi connectivity index (χ1) is 20.6. The Balaban J connectivity index is 1.04. The van der Waals surface area contributed by atoms with Crippen LogP contribution in [0.25, 0.3) is 0 Å². The molecule has 4 rings (SSSR count). The number of rotatable bonds is 16. The molecule has 0 spiro atoms. The molecule has 12 N–H and O–H groups in total. The predicted octanol–water partition coefficient (Wildman–Crippen LogP) is -4.22. The van der Waals surface area contributed by atoms with Gasteiger partial charge in [0.05, 0.1) is 49.9 Å². The van der Waals surface area contributed by atoms with E-state index in [4.69, 9.17) is 37.1 Å². The SMILES string of the molecule is N[C@@H]1C[C@H](N)[C@@H](OCCCc2cn(CCOCCn3cc(CCCO[C@H]4[C@H](O)[C@@H](O)[C@H](N)C[C@@H]4N)nn3)nn2)[C@H](O)[C@H]1O. The molecular formula is C26H48N10O7. The van der Waals surface area contributed by atoms with E-state index < -0.39 is 60.8 Å². The highest BCUT2D eigenvalue weighted by Crippen LogP contribution is 2.22. The molecule has 0 amide bonds. The van der Waals surface area contributed by atoms with Crippen LogP contribution in [0.1, 0.15) is 37.1 Å². The van der Waals surface area contributed by atoms with Gasteiger partial charge in [-0.1, -0.05) is 10.4 Å².